The standard InChI is InChI=1S/C36H40ClN7O4S/c1-23-21-42-28-18-26(10-12-31(28)49-35(42)43(23)22-41-13-15-47-16-14-41)48-30-8-6-5-7-24(30)20-38-34(46)39-33-19-32(36(2,3)4)40-44(33)25-9-11-29(45)27(37)17-25/h5-12,17-19,21,35,45H,13-16,20,22H2,1-4H3,(H2,38,39,46). The highest BCUT2D eigenvalue weighted by Crippen LogP contribution is 2.50. The number of anilines is 2. The minimum absolute atomic E-state index is 0.0289. The zero-order chi connectivity index (χ0) is 34.3. The van der Waals surface area contributed by atoms with E-state index in [0.717, 1.165) is 55.7 Å². The summed E-state index contributed by atoms with van der Waals surface area (Å²) < 4.78 is 13.6. The van der Waals surface area contributed by atoms with Crippen molar-refractivity contribution in [1.29, 1.82) is 0 Å². The van der Waals surface area contributed by atoms with Gasteiger partial charge in [-0.25, -0.2) is 9.48 Å². The van der Waals surface area contributed by atoms with Gasteiger partial charge in [0.1, 0.15) is 23.1 Å². The number of phenols is 1. The van der Waals surface area contributed by atoms with Gasteiger partial charge in [-0.2, -0.15) is 5.10 Å². The van der Waals surface area contributed by atoms with Crippen LogP contribution in [0.5, 0.6) is 17.2 Å². The number of nitrogens with zero attached hydrogens (tertiary/aromatic N) is 5. The summed E-state index contributed by atoms with van der Waals surface area (Å²) in [6.45, 7) is 12.9. The summed E-state index contributed by atoms with van der Waals surface area (Å²) in [6.07, 6.45) is 2.22. The molecule has 1 unspecified atom stereocenters. The van der Waals surface area contributed by atoms with E-state index in [1.807, 2.05) is 68.9 Å². The van der Waals surface area contributed by atoms with Gasteiger partial charge in [0.05, 0.1) is 42.0 Å². The van der Waals surface area contributed by atoms with E-state index >= 15 is 0 Å². The third-order valence-electron chi connectivity index (χ3n) is 8.72. The molecule has 3 aliphatic heterocycles. The number of rotatable bonds is 8. The summed E-state index contributed by atoms with van der Waals surface area (Å²) in [5.41, 5.74) is 4.48. The number of benzene rings is 3. The number of phenolic OH excluding ortho intramolecular Hbond substituents is 1. The number of fused-ring (bicyclic) bond motifs is 3. The molecule has 3 aromatic carbocycles. The number of aromatic nitrogens is 2. The van der Waals surface area contributed by atoms with Gasteiger partial charge in [0.2, 0.25) is 0 Å². The first-order valence-electron chi connectivity index (χ1n) is 16.3. The zero-order valence-electron chi connectivity index (χ0n) is 27.9. The van der Waals surface area contributed by atoms with Crippen LogP contribution in [0.4, 0.5) is 16.3 Å². The predicted molar refractivity (Wildman–Crippen MR) is 193 cm³/mol. The molecule has 0 bridgehead atoms. The fourth-order valence-electron chi connectivity index (χ4n) is 5.96. The fraction of sp³-hybridized carbons (Fsp3) is 0.333. The number of morpholine rings is 1. The Morgan fingerprint density at radius 2 is 1.90 bits per heavy atom. The van der Waals surface area contributed by atoms with E-state index in [-0.39, 0.29) is 28.2 Å². The van der Waals surface area contributed by atoms with Crippen LogP contribution in [0.3, 0.4) is 0 Å². The van der Waals surface area contributed by atoms with Crippen LogP contribution in [-0.2, 0) is 16.7 Å². The molecule has 1 atom stereocenters. The van der Waals surface area contributed by atoms with Crippen LogP contribution >= 0.6 is 23.4 Å². The van der Waals surface area contributed by atoms with Gasteiger partial charge in [-0.15, -0.1) is 0 Å². The Labute approximate surface area is 295 Å². The van der Waals surface area contributed by atoms with Gasteiger partial charge in [0, 0.05) is 59.5 Å². The molecule has 0 spiro atoms. The van der Waals surface area contributed by atoms with Gasteiger partial charge >= 0.3 is 6.03 Å². The first kappa shape index (κ1) is 33.2. The van der Waals surface area contributed by atoms with Crippen molar-refractivity contribution in [3.8, 4) is 22.9 Å². The van der Waals surface area contributed by atoms with E-state index in [1.165, 1.54) is 16.7 Å². The molecule has 3 aliphatic rings. The molecule has 0 aliphatic carbocycles. The second kappa shape index (κ2) is 13.5. The summed E-state index contributed by atoms with van der Waals surface area (Å²) in [5, 5.41) is 20.7. The normalized spacial score (nSPS) is 17.5. The molecular weight excluding hydrogens is 662 g/mol. The van der Waals surface area contributed by atoms with E-state index in [9.17, 15) is 9.90 Å². The predicted octanol–water partition coefficient (Wildman–Crippen LogP) is 7.31. The van der Waals surface area contributed by atoms with Gasteiger partial charge < -0.3 is 29.7 Å². The maximum Gasteiger partial charge on any atom is 0.320 e. The Bertz CT molecular complexity index is 1900. The van der Waals surface area contributed by atoms with Crippen molar-refractivity contribution in [3.05, 3.63) is 94.9 Å². The number of nitrogens with one attached hydrogen (secondary N) is 2. The van der Waals surface area contributed by atoms with Gasteiger partial charge in [-0.05, 0) is 43.3 Å². The number of hydrogen-bond acceptors (Lipinski definition) is 9. The molecule has 1 saturated heterocycles. The molecule has 4 heterocycles. The van der Waals surface area contributed by atoms with Crippen molar-refractivity contribution in [2.45, 2.75) is 50.0 Å². The lowest BCUT2D eigenvalue weighted by Crippen LogP contribution is -2.46. The Hall–Kier alpha value is -4.36. The summed E-state index contributed by atoms with van der Waals surface area (Å²) in [6, 6.07) is 20.1. The lowest BCUT2D eigenvalue weighted by atomic mass is 9.92. The van der Waals surface area contributed by atoms with Crippen LogP contribution in [-0.4, -0.2) is 69.2 Å². The summed E-state index contributed by atoms with van der Waals surface area (Å²) in [7, 11) is 0. The topological polar surface area (TPSA) is 107 Å². The van der Waals surface area contributed by atoms with Crippen molar-refractivity contribution in [2.75, 3.05) is 43.2 Å². The van der Waals surface area contributed by atoms with E-state index in [2.05, 4.69) is 50.6 Å². The molecule has 7 rings (SSSR count). The van der Waals surface area contributed by atoms with Gasteiger partial charge in [-0.3, -0.25) is 10.2 Å². The second-order valence-corrected chi connectivity index (χ2v) is 14.8. The van der Waals surface area contributed by atoms with Crippen molar-refractivity contribution in [2.24, 2.45) is 0 Å². The number of thioether (sulfide) groups is 1. The number of allylic oxidation sites excluding steroid dienone is 1. The maximum atomic E-state index is 13.2. The van der Waals surface area contributed by atoms with Gasteiger partial charge in [0.15, 0.2) is 5.50 Å². The molecule has 4 aromatic rings. The molecule has 13 heteroatoms. The largest absolute Gasteiger partial charge is 0.506 e. The van der Waals surface area contributed by atoms with Crippen LogP contribution in [0.1, 0.15) is 39.0 Å². The third-order valence-corrected chi connectivity index (χ3v) is 10.3. The zero-order valence-corrected chi connectivity index (χ0v) is 29.5. The molecule has 49 heavy (non-hydrogen) atoms. The van der Waals surface area contributed by atoms with E-state index in [0.29, 0.717) is 17.3 Å². The molecule has 1 fully saturated rings. The molecule has 0 saturated carbocycles. The Morgan fingerprint density at radius 1 is 1.10 bits per heavy atom. The Morgan fingerprint density at radius 3 is 2.67 bits per heavy atom. The summed E-state index contributed by atoms with van der Waals surface area (Å²) >= 11 is 8.04. The lowest BCUT2D eigenvalue weighted by molar-refractivity contribution is 0.0163. The second-order valence-electron chi connectivity index (χ2n) is 13.3. The summed E-state index contributed by atoms with van der Waals surface area (Å²) in [5.74, 6) is 1.82. The molecule has 0 radical (unpaired) electrons. The smallest absolute Gasteiger partial charge is 0.320 e. The van der Waals surface area contributed by atoms with Crippen LogP contribution in [0, 0.1) is 0 Å². The number of halogens is 1. The maximum absolute atomic E-state index is 13.2. The minimum atomic E-state index is -0.403. The Balaban J connectivity index is 1.03. The van der Waals surface area contributed by atoms with E-state index in [4.69, 9.17) is 26.2 Å². The van der Waals surface area contributed by atoms with Crippen molar-refractivity contribution in [3.63, 3.8) is 0 Å². The highest BCUT2D eigenvalue weighted by Gasteiger charge is 2.39. The SMILES string of the molecule is CC1=CN2c3cc(Oc4ccccc4CNC(=O)Nc4cc(C(C)(C)C)nn4-c4ccc(O)c(Cl)c4)ccc3SC2N1CN1CCOCC1. The number of urea groups is 1. The number of para-hydroxylation sites is 1. The van der Waals surface area contributed by atoms with Crippen molar-refractivity contribution in [1.82, 2.24) is 24.9 Å². The number of amides is 2. The van der Waals surface area contributed by atoms with Gasteiger partial charge in [-0.1, -0.05) is 62.3 Å². The van der Waals surface area contributed by atoms with Crippen LogP contribution in [0.15, 0.2) is 83.5 Å². The van der Waals surface area contributed by atoms with Crippen molar-refractivity contribution < 1.29 is 19.4 Å². The van der Waals surface area contributed by atoms with Crippen LogP contribution < -0.4 is 20.3 Å². The number of carbonyl (C=O) groups excluding carboxylic acids is 1. The van der Waals surface area contributed by atoms with Crippen molar-refractivity contribution >= 4 is 40.9 Å². The highest BCUT2D eigenvalue weighted by molar-refractivity contribution is 8.00. The Kier molecular flexibility index (Phi) is 9.14. The van der Waals surface area contributed by atoms with Gasteiger partial charge in [0.25, 0.3) is 0 Å². The molecule has 1 aromatic heterocycles. The average molecular weight is 702 g/mol. The van der Waals surface area contributed by atoms with E-state index < -0.39 is 6.03 Å². The third kappa shape index (κ3) is 7.04. The number of aromatic hydroxyl groups is 1. The molecule has 256 valence electrons. The van der Waals surface area contributed by atoms with E-state index in [1.54, 1.807) is 16.8 Å². The molecule has 11 nitrogen and oxygen atoms in total. The van der Waals surface area contributed by atoms with Crippen LogP contribution in [0.25, 0.3) is 5.69 Å². The highest BCUT2D eigenvalue weighted by atomic mass is 35.5. The monoisotopic (exact) mass is 701 g/mol. The first-order chi connectivity index (χ1) is 23.5. The number of ether oxygens (including phenoxy) is 2. The first-order valence-corrected chi connectivity index (χ1v) is 17.5. The van der Waals surface area contributed by atoms with Crippen LogP contribution in [0.2, 0.25) is 5.02 Å². The molecule has 2 amide bonds. The molecule has 3 N–H and O–H groups in total. The summed E-state index contributed by atoms with van der Waals surface area (Å²) in [4.78, 5) is 21.7. The minimum Gasteiger partial charge on any atom is -0.506 e. The number of carbonyl (C=O) groups is 1. The number of hydrogen-bond donors (Lipinski definition) is 3. The molecular formula is C36H40ClN7O4S. The average Bonchev–Trinajstić information content (AvgIpc) is 3.75. The fourth-order valence-corrected chi connectivity index (χ4v) is 7.44. The lowest BCUT2D eigenvalue weighted by Gasteiger charge is -2.35. The quantitative estimate of drug-likeness (QED) is 0.174.